The number of benzene rings is 1. The van der Waals surface area contributed by atoms with Gasteiger partial charge < -0.3 is 20.1 Å². The van der Waals surface area contributed by atoms with Gasteiger partial charge in [0.15, 0.2) is 17.5 Å². The van der Waals surface area contributed by atoms with Gasteiger partial charge in [0.05, 0.1) is 13.7 Å². The second-order valence-corrected chi connectivity index (χ2v) is 9.43. The maximum Gasteiger partial charge on any atom is 0.191 e. The van der Waals surface area contributed by atoms with Gasteiger partial charge in [-0.2, -0.15) is 0 Å². The van der Waals surface area contributed by atoms with Crippen LogP contribution in [0.4, 0.5) is 0 Å². The molecule has 0 aliphatic carbocycles. The maximum atomic E-state index is 12.1. The van der Waals surface area contributed by atoms with Gasteiger partial charge in [0, 0.05) is 41.4 Å². The Morgan fingerprint density at radius 3 is 2.43 bits per heavy atom. The zero-order valence-electron chi connectivity index (χ0n) is 18.0. The van der Waals surface area contributed by atoms with E-state index in [4.69, 9.17) is 9.47 Å². The second-order valence-electron chi connectivity index (χ2n) is 7.11. The number of guanidine groups is 1. The summed E-state index contributed by atoms with van der Waals surface area (Å²) in [6, 6.07) is 6.05. The second kappa shape index (κ2) is 14.0. The molecule has 8 heteroatoms. The van der Waals surface area contributed by atoms with Gasteiger partial charge in [-0.3, -0.25) is 9.20 Å². The summed E-state index contributed by atoms with van der Waals surface area (Å²) in [5.41, 5.74) is 1.21. The van der Waals surface area contributed by atoms with E-state index in [2.05, 4.69) is 21.7 Å². The van der Waals surface area contributed by atoms with Crippen molar-refractivity contribution >= 4 is 40.7 Å². The lowest BCUT2D eigenvalue weighted by Crippen LogP contribution is -2.40. The molecule has 1 rings (SSSR count). The van der Waals surface area contributed by atoms with E-state index >= 15 is 0 Å². The van der Waals surface area contributed by atoms with Crippen molar-refractivity contribution in [1.82, 2.24) is 10.6 Å². The highest BCUT2D eigenvalue weighted by Gasteiger charge is 2.18. The molecule has 2 N–H and O–H groups in total. The summed E-state index contributed by atoms with van der Waals surface area (Å²) in [7, 11) is 2.53. The minimum Gasteiger partial charge on any atom is -0.493 e. The molecule has 0 bridgehead atoms. The van der Waals surface area contributed by atoms with Crippen molar-refractivity contribution in [3.05, 3.63) is 23.8 Å². The highest BCUT2D eigenvalue weighted by atomic mass is 127. The first-order valence-electron chi connectivity index (χ1n) is 9.44. The molecular weight excluding hydrogens is 489 g/mol. The average molecular weight is 525 g/mol. The zero-order valence-corrected chi connectivity index (χ0v) is 21.1. The highest BCUT2D eigenvalue weighted by Crippen LogP contribution is 2.28. The van der Waals surface area contributed by atoms with Crippen LogP contribution in [-0.2, 0) is 17.2 Å². The van der Waals surface area contributed by atoms with Crippen LogP contribution in [0, 0.1) is 0 Å². The lowest BCUT2D eigenvalue weighted by molar-refractivity contribution is 0.310. The minimum absolute atomic E-state index is 0. The minimum atomic E-state index is -0.862. The molecule has 0 aromatic heterocycles. The first kappa shape index (κ1) is 27.0. The number of nitrogens with one attached hydrogen (secondary N) is 2. The van der Waals surface area contributed by atoms with E-state index in [0.717, 1.165) is 36.8 Å². The predicted octanol–water partition coefficient (Wildman–Crippen LogP) is 3.36. The molecule has 0 spiro atoms. The van der Waals surface area contributed by atoms with Crippen LogP contribution in [0.1, 0.15) is 39.7 Å². The van der Waals surface area contributed by atoms with Gasteiger partial charge in [0.1, 0.15) is 0 Å². The first-order valence-corrected chi connectivity index (χ1v) is 10.8. The van der Waals surface area contributed by atoms with Gasteiger partial charge in [-0.25, -0.2) is 0 Å². The molecule has 162 valence electrons. The Hall–Kier alpha value is -1.03. The molecule has 0 aliphatic rings. The maximum absolute atomic E-state index is 12.1. The van der Waals surface area contributed by atoms with E-state index in [0.29, 0.717) is 18.9 Å². The van der Waals surface area contributed by atoms with Gasteiger partial charge in [-0.05, 0) is 58.2 Å². The molecule has 0 radical (unpaired) electrons. The predicted molar refractivity (Wildman–Crippen MR) is 130 cm³/mol. The smallest absolute Gasteiger partial charge is 0.191 e. The molecule has 0 saturated carbocycles. The lowest BCUT2D eigenvalue weighted by Gasteiger charge is -2.18. The number of rotatable bonds is 10. The van der Waals surface area contributed by atoms with Crippen molar-refractivity contribution in [2.24, 2.45) is 4.99 Å². The monoisotopic (exact) mass is 525 g/mol. The molecule has 0 fully saturated rings. The largest absolute Gasteiger partial charge is 0.493 e. The third kappa shape index (κ3) is 9.95. The van der Waals surface area contributed by atoms with Crippen LogP contribution in [0.15, 0.2) is 23.2 Å². The summed E-state index contributed by atoms with van der Waals surface area (Å²) in [6.07, 6.45) is 1.90. The number of hydrogen-bond donors (Lipinski definition) is 2. The van der Waals surface area contributed by atoms with Crippen molar-refractivity contribution in [3.8, 4) is 11.5 Å². The molecule has 6 nitrogen and oxygen atoms in total. The third-order valence-corrected chi connectivity index (χ3v) is 5.89. The molecule has 28 heavy (non-hydrogen) atoms. The van der Waals surface area contributed by atoms with E-state index < -0.39 is 10.8 Å². The third-order valence-electron chi connectivity index (χ3n) is 3.95. The Morgan fingerprint density at radius 2 is 1.86 bits per heavy atom. The van der Waals surface area contributed by atoms with Crippen molar-refractivity contribution in [2.75, 3.05) is 39.6 Å². The molecule has 0 heterocycles. The first-order chi connectivity index (χ1) is 12.8. The van der Waals surface area contributed by atoms with Crippen molar-refractivity contribution < 1.29 is 13.7 Å². The SMILES string of the molecule is CCOc1cc(CCCNC(=NC)NCCS(=O)C(C)(C)C)ccc1OC.I. The molecule has 1 atom stereocenters. The van der Waals surface area contributed by atoms with Gasteiger partial charge >= 0.3 is 0 Å². The summed E-state index contributed by atoms with van der Waals surface area (Å²) in [6.45, 7) is 10.00. The van der Waals surface area contributed by atoms with Crippen LogP contribution in [0.2, 0.25) is 0 Å². The van der Waals surface area contributed by atoms with Gasteiger partial charge in [0.25, 0.3) is 0 Å². The summed E-state index contributed by atoms with van der Waals surface area (Å²) >= 11 is 0. The van der Waals surface area contributed by atoms with Crippen LogP contribution in [0.3, 0.4) is 0 Å². The quantitative estimate of drug-likeness (QED) is 0.212. The van der Waals surface area contributed by atoms with E-state index in [9.17, 15) is 4.21 Å². The summed E-state index contributed by atoms with van der Waals surface area (Å²) < 4.78 is 22.8. The Balaban J connectivity index is 0.00000729. The highest BCUT2D eigenvalue weighted by molar-refractivity contribution is 14.0. The Morgan fingerprint density at radius 1 is 1.18 bits per heavy atom. The molecular formula is C20H36IN3O3S. The molecule has 1 unspecified atom stereocenters. The van der Waals surface area contributed by atoms with Gasteiger partial charge in [-0.15, -0.1) is 24.0 Å². The van der Waals surface area contributed by atoms with E-state index in [1.807, 2.05) is 39.8 Å². The number of methoxy groups -OCH3 is 1. The van der Waals surface area contributed by atoms with Crippen LogP contribution in [0.5, 0.6) is 11.5 Å². The summed E-state index contributed by atoms with van der Waals surface area (Å²) in [5, 5.41) is 6.52. The van der Waals surface area contributed by atoms with Crippen molar-refractivity contribution in [3.63, 3.8) is 0 Å². The fourth-order valence-electron chi connectivity index (χ4n) is 2.43. The number of halogens is 1. The van der Waals surface area contributed by atoms with Crippen molar-refractivity contribution in [1.29, 1.82) is 0 Å². The molecule has 0 aliphatic heterocycles. The number of nitrogens with zero attached hydrogens (tertiary/aromatic N) is 1. The number of ether oxygens (including phenoxy) is 2. The Labute approximate surface area is 189 Å². The molecule has 0 amide bonds. The molecule has 1 aromatic rings. The number of aryl methyl sites for hydroxylation is 1. The van der Waals surface area contributed by atoms with E-state index in [1.54, 1.807) is 14.2 Å². The Kier molecular flexibility index (Phi) is 13.5. The van der Waals surface area contributed by atoms with Crippen LogP contribution >= 0.6 is 24.0 Å². The standard InChI is InChI=1S/C20H35N3O3S.HI/c1-7-26-18-15-16(10-11-17(18)25-6)9-8-12-22-19(21-5)23-13-14-27(24)20(2,3)4;/h10-11,15H,7-9,12-14H2,1-6H3,(H2,21,22,23);1H. The number of hydrogen-bond acceptors (Lipinski definition) is 4. The number of aliphatic imine (C=N–C) groups is 1. The van der Waals surface area contributed by atoms with Crippen LogP contribution in [0.25, 0.3) is 0 Å². The average Bonchev–Trinajstić information content (AvgIpc) is 2.63. The summed E-state index contributed by atoms with van der Waals surface area (Å²) in [5.74, 6) is 2.90. The molecule has 1 aromatic carbocycles. The van der Waals surface area contributed by atoms with Gasteiger partial charge in [0.2, 0.25) is 0 Å². The summed E-state index contributed by atoms with van der Waals surface area (Å²) in [4.78, 5) is 4.21. The van der Waals surface area contributed by atoms with E-state index in [1.165, 1.54) is 5.56 Å². The van der Waals surface area contributed by atoms with Crippen molar-refractivity contribution in [2.45, 2.75) is 45.3 Å². The lowest BCUT2D eigenvalue weighted by atomic mass is 10.1. The molecule has 0 saturated heterocycles. The van der Waals surface area contributed by atoms with E-state index in [-0.39, 0.29) is 28.7 Å². The van der Waals surface area contributed by atoms with Crippen LogP contribution < -0.4 is 20.1 Å². The topological polar surface area (TPSA) is 72.0 Å². The fourth-order valence-corrected chi connectivity index (χ4v) is 3.33. The Bertz CT molecular complexity index is 634. The van der Waals surface area contributed by atoms with Gasteiger partial charge in [-0.1, -0.05) is 6.07 Å². The normalized spacial score (nSPS) is 12.7. The zero-order chi connectivity index (χ0) is 20.3. The van der Waals surface area contributed by atoms with Crippen LogP contribution in [-0.4, -0.2) is 54.5 Å². The fraction of sp³-hybridized carbons (Fsp3) is 0.650.